The van der Waals surface area contributed by atoms with Crippen LogP contribution in [-0.4, -0.2) is 56.8 Å². The number of hydrogen-bond acceptors (Lipinski definition) is 4. The monoisotopic (exact) mass is 570 g/mol. The highest BCUT2D eigenvalue weighted by Gasteiger charge is 2.34. The second-order valence-electron chi connectivity index (χ2n) is 8.75. The molecule has 1 atom stereocenters. The third-order valence-corrected chi connectivity index (χ3v) is 6.71. The van der Waals surface area contributed by atoms with Gasteiger partial charge in [0, 0.05) is 31.7 Å². The van der Waals surface area contributed by atoms with Gasteiger partial charge in [0.25, 0.3) is 0 Å². The molecule has 0 bridgehead atoms. The van der Waals surface area contributed by atoms with E-state index in [1.807, 2.05) is 18.2 Å². The van der Waals surface area contributed by atoms with Crippen LogP contribution in [0.1, 0.15) is 50.0 Å². The lowest BCUT2D eigenvalue weighted by Gasteiger charge is -2.36. The van der Waals surface area contributed by atoms with Crippen LogP contribution in [0.4, 0.5) is 4.39 Å². The van der Waals surface area contributed by atoms with Crippen LogP contribution in [-0.2, 0) is 10.2 Å². The third kappa shape index (κ3) is 6.70. The van der Waals surface area contributed by atoms with Crippen molar-refractivity contribution in [1.82, 2.24) is 15.5 Å². The molecule has 0 spiro atoms. The van der Waals surface area contributed by atoms with Crippen molar-refractivity contribution in [2.24, 2.45) is 4.99 Å². The molecule has 0 radical (unpaired) electrons. The topological polar surface area (TPSA) is 62.0 Å². The van der Waals surface area contributed by atoms with Gasteiger partial charge >= 0.3 is 0 Å². The van der Waals surface area contributed by atoms with E-state index in [0.29, 0.717) is 19.8 Å². The zero-order chi connectivity index (χ0) is 22.2. The van der Waals surface area contributed by atoms with Crippen LogP contribution in [0.5, 0.6) is 0 Å². The van der Waals surface area contributed by atoms with Crippen LogP contribution in [0.3, 0.4) is 0 Å². The van der Waals surface area contributed by atoms with Crippen molar-refractivity contribution in [1.29, 1.82) is 0 Å². The Bertz CT molecular complexity index is 848. The molecular weight excluding hydrogens is 534 g/mol. The smallest absolute Gasteiger partial charge is 0.191 e. The molecule has 1 aromatic carbocycles. The van der Waals surface area contributed by atoms with Gasteiger partial charge in [0.2, 0.25) is 0 Å². The lowest BCUT2D eigenvalue weighted by Crippen LogP contribution is -2.44. The Morgan fingerprint density at radius 2 is 1.85 bits per heavy atom. The summed E-state index contributed by atoms with van der Waals surface area (Å²) in [7, 11) is 0. The van der Waals surface area contributed by atoms with Crippen molar-refractivity contribution in [3.8, 4) is 0 Å². The number of likely N-dealkylation sites (tertiary alicyclic amines) is 1. The first-order valence-corrected chi connectivity index (χ1v) is 11.8. The molecule has 2 aliphatic heterocycles. The SMILES string of the molecule is CCNC(=NCC1(c2ccc(F)cc2)CCOCC1)NCC(c1ccco1)N1CCCC1.I. The Kier molecular flexibility index (Phi) is 10.0. The third-order valence-electron chi connectivity index (χ3n) is 6.71. The molecular formula is C25H36FIN4O2. The van der Waals surface area contributed by atoms with Crippen LogP contribution in [0.2, 0.25) is 0 Å². The van der Waals surface area contributed by atoms with Crippen molar-refractivity contribution in [2.45, 2.75) is 44.1 Å². The van der Waals surface area contributed by atoms with E-state index in [-0.39, 0.29) is 41.3 Å². The number of nitrogens with one attached hydrogen (secondary N) is 2. The van der Waals surface area contributed by atoms with E-state index in [2.05, 4.69) is 28.5 Å². The number of ether oxygens (including phenoxy) is 1. The van der Waals surface area contributed by atoms with E-state index >= 15 is 0 Å². The number of furan rings is 1. The average Bonchev–Trinajstić information content (AvgIpc) is 3.54. The zero-order valence-electron chi connectivity index (χ0n) is 19.4. The minimum atomic E-state index is -0.208. The van der Waals surface area contributed by atoms with Crippen molar-refractivity contribution < 1.29 is 13.5 Å². The second kappa shape index (κ2) is 12.7. The number of hydrogen-bond donors (Lipinski definition) is 2. The summed E-state index contributed by atoms with van der Waals surface area (Å²) in [6.07, 6.45) is 5.96. The van der Waals surface area contributed by atoms with Gasteiger partial charge in [-0.2, -0.15) is 0 Å². The van der Waals surface area contributed by atoms with Gasteiger partial charge in [0.1, 0.15) is 11.6 Å². The molecule has 8 heteroatoms. The predicted molar refractivity (Wildman–Crippen MR) is 140 cm³/mol. The molecule has 1 aromatic heterocycles. The van der Waals surface area contributed by atoms with Crippen LogP contribution in [0.25, 0.3) is 0 Å². The summed E-state index contributed by atoms with van der Waals surface area (Å²) in [6.45, 7) is 7.81. The number of benzene rings is 1. The number of aliphatic imine (C=N–C) groups is 1. The summed E-state index contributed by atoms with van der Waals surface area (Å²) in [5.41, 5.74) is 0.997. The van der Waals surface area contributed by atoms with E-state index in [0.717, 1.165) is 56.3 Å². The zero-order valence-corrected chi connectivity index (χ0v) is 21.7. The first kappa shape index (κ1) is 26.0. The molecule has 0 amide bonds. The molecule has 2 N–H and O–H groups in total. The molecule has 4 rings (SSSR count). The summed E-state index contributed by atoms with van der Waals surface area (Å²) < 4.78 is 24.9. The van der Waals surface area contributed by atoms with Gasteiger partial charge in [-0.15, -0.1) is 24.0 Å². The van der Waals surface area contributed by atoms with E-state index in [9.17, 15) is 4.39 Å². The molecule has 2 saturated heterocycles. The molecule has 2 aromatic rings. The van der Waals surface area contributed by atoms with Crippen LogP contribution < -0.4 is 10.6 Å². The van der Waals surface area contributed by atoms with Crippen molar-refractivity contribution in [3.05, 3.63) is 59.8 Å². The maximum Gasteiger partial charge on any atom is 0.191 e. The normalized spacial score (nSPS) is 19.6. The van der Waals surface area contributed by atoms with Crippen molar-refractivity contribution in [2.75, 3.05) is 45.9 Å². The highest BCUT2D eigenvalue weighted by Crippen LogP contribution is 2.35. The summed E-state index contributed by atoms with van der Waals surface area (Å²) in [5, 5.41) is 6.94. The van der Waals surface area contributed by atoms with E-state index in [4.69, 9.17) is 14.1 Å². The van der Waals surface area contributed by atoms with E-state index in [1.54, 1.807) is 18.4 Å². The Hall–Kier alpha value is -1.65. The summed E-state index contributed by atoms with van der Waals surface area (Å²) in [6, 6.07) is 11.1. The van der Waals surface area contributed by atoms with Crippen LogP contribution in [0.15, 0.2) is 52.1 Å². The Labute approximate surface area is 213 Å². The fourth-order valence-electron chi connectivity index (χ4n) is 4.81. The number of halogens is 2. The minimum Gasteiger partial charge on any atom is -0.468 e. The Balaban J connectivity index is 0.00000306. The predicted octanol–water partition coefficient (Wildman–Crippen LogP) is 4.48. The van der Waals surface area contributed by atoms with E-state index < -0.39 is 0 Å². The van der Waals surface area contributed by atoms with Crippen molar-refractivity contribution in [3.63, 3.8) is 0 Å². The molecule has 33 heavy (non-hydrogen) atoms. The van der Waals surface area contributed by atoms with Gasteiger partial charge in [0.15, 0.2) is 5.96 Å². The molecule has 2 fully saturated rings. The van der Waals surface area contributed by atoms with Crippen molar-refractivity contribution >= 4 is 29.9 Å². The molecule has 1 unspecified atom stereocenters. The second-order valence-corrected chi connectivity index (χ2v) is 8.75. The number of rotatable bonds is 8. The molecule has 2 aliphatic rings. The van der Waals surface area contributed by atoms with Gasteiger partial charge in [0.05, 0.1) is 18.8 Å². The highest BCUT2D eigenvalue weighted by atomic mass is 127. The number of guanidine groups is 1. The molecule has 6 nitrogen and oxygen atoms in total. The number of nitrogens with zero attached hydrogens (tertiary/aromatic N) is 2. The maximum absolute atomic E-state index is 13.5. The summed E-state index contributed by atoms with van der Waals surface area (Å²) in [5.74, 6) is 1.58. The van der Waals surface area contributed by atoms with E-state index in [1.165, 1.54) is 12.8 Å². The summed E-state index contributed by atoms with van der Waals surface area (Å²) >= 11 is 0. The van der Waals surface area contributed by atoms with Gasteiger partial charge in [-0.25, -0.2) is 4.39 Å². The average molecular weight is 570 g/mol. The first-order valence-electron chi connectivity index (χ1n) is 11.8. The molecule has 0 saturated carbocycles. The molecule has 0 aliphatic carbocycles. The Morgan fingerprint density at radius 3 is 2.48 bits per heavy atom. The van der Waals surface area contributed by atoms with Gasteiger partial charge in [-0.05, 0) is 75.5 Å². The van der Waals surface area contributed by atoms with Crippen LogP contribution >= 0.6 is 24.0 Å². The lowest BCUT2D eigenvalue weighted by atomic mass is 9.74. The minimum absolute atomic E-state index is 0. The maximum atomic E-state index is 13.5. The van der Waals surface area contributed by atoms with Gasteiger partial charge in [-0.3, -0.25) is 9.89 Å². The molecule has 3 heterocycles. The van der Waals surface area contributed by atoms with Crippen LogP contribution in [0, 0.1) is 5.82 Å². The lowest BCUT2D eigenvalue weighted by molar-refractivity contribution is 0.0530. The largest absolute Gasteiger partial charge is 0.468 e. The molecule has 182 valence electrons. The van der Waals surface area contributed by atoms with Gasteiger partial charge < -0.3 is 19.8 Å². The fourth-order valence-corrected chi connectivity index (χ4v) is 4.81. The summed E-state index contributed by atoms with van der Waals surface area (Å²) in [4.78, 5) is 7.46. The quantitative estimate of drug-likeness (QED) is 0.279. The highest BCUT2D eigenvalue weighted by molar-refractivity contribution is 14.0. The standard InChI is InChI=1S/C25H35FN4O2.HI/c1-2-27-24(28-18-22(23-6-5-15-32-23)30-13-3-4-14-30)29-19-25(11-16-31-17-12-25)20-7-9-21(26)10-8-20;/h5-10,15,22H,2-4,11-14,16-19H2,1H3,(H2,27,28,29);1H. The first-order chi connectivity index (χ1) is 15.7. The fraction of sp³-hybridized carbons (Fsp3) is 0.560. The Morgan fingerprint density at radius 1 is 1.12 bits per heavy atom. The van der Waals surface area contributed by atoms with Gasteiger partial charge in [-0.1, -0.05) is 12.1 Å².